The second-order valence-corrected chi connectivity index (χ2v) is 10.5. The Hall–Kier alpha value is -3.53. The first-order valence-corrected chi connectivity index (χ1v) is 12.9. The van der Waals surface area contributed by atoms with E-state index < -0.39 is 5.60 Å². The molecule has 0 saturated heterocycles. The van der Waals surface area contributed by atoms with Gasteiger partial charge in [0.2, 0.25) is 0 Å². The molecule has 3 aromatic rings. The lowest BCUT2D eigenvalue weighted by Gasteiger charge is -2.33. The van der Waals surface area contributed by atoms with Crippen LogP contribution in [0.1, 0.15) is 71.6 Å². The summed E-state index contributed by atoms with van der Waals surface area (Å²) in [6.07, 6.45) is 3.42. The number of unbranched alkanes of at least 4 members (excludes halogenated alkanes) is 1. The number of hydrogen-bond acceptors (Lipinski definition) is 4. The Morgan fingerprint density at radius 2 is 1.53 bits per heavy atom. The summed E-state index contributed by atoms with van der Waals surface area (Å²) in [6, 6.07) is 23.3. The minimum absolute atomic E-state index is 0.264. The van der Waals surface area contributed by atoms with E-state index in [1.807, 2.05) is 39.2 Å². The van der Waals surface area contributed by atoms with E-state index in [0.717, 1.165) is 47.3 Å². The maximum Gasteiger partial charge on any atom is 0.340 e. The first-order chi connectivity index (χ1) is 17.3. The lowest BCUT2D eigenvalue weighted by molar-refractivity contribution is 0.0302. The van der Waals surface area contributed by atoms with Crippen LogP contribution in [0.15, 0.2) is 72.3 Å². The molecule has 5 rings (SSSR count). The third-order valence-corrected chi connectivity index (χ3v) is 7.88. The van der Waals surface area contributed by atoms with E-state index in [9.17, 15) is 4.79 Å². The van der Waals surface area contributed by atoms with Crippen LogP contribution in [0.4, 0.5) is 11.4 Å². The second-order valence-electron chi connectivity index (χ2n) is 10.5. The molecular weight excluding hydrogens is 444 g/mol. The zero-order valence-corrected chi connectivity index (χ0v) is 22.3. The number of allylic oxidation sites excluding steroid dienone is 1. The van der Waals surface area contributed by atoms with Crippen LogP contribution in [-0.4, -0.2) is 34.2 Å². The van der Waals surface area contributed by atoms with E-state index in [4.69, 9.17) is 4.74 Å². The van der Waals surface area contributed by atoms with Gasteiger partial charge in [0, 0.05) is 62.2 Å². The molecule has 36 heavy (non-hydrogen) atoms. The molecule has 0 saturated carbocycles. The zero-order valence-electron chi connectivity index (χ0n) is 22.3. The van der Waals surface area contributed by atoms with Gasteiger partial charge in [0.1, 0.15) is 0 Å². The van der Waals surface area contributed by atoms with Crippen LogP contribution >= 0.6 is 0 Å². The molecule has 1 aliphatic heterocycles. The van der Waals surface area contributed by atoms with Gasteiger partial charge in [-0.2, -0.15) is 0 Å². The fraction of sp³-hybridized carbons (Fsp3) is 0.344. The van der Waals surface area contributed by atoms with Crippen molar-refractivity contribution in [1.29, 1.82) is 0 Å². The number of cyclic esters (lactones) is 1. The smallest absolute Gasteiger partial charge is 0.340 e. The van der Waals surface area contributed by atoms with Crippen LogP contribution in [0.3, 0.4) is 0 Å². The van der Waals surface area contributed by atoms with Gasteiger partial charge in [-0.25, -0.2) is 4.79 Å². The molecule has 1 aliphatic carbocycles. The summed E-state index contributed by atoms with van der Waals surface area (Å²) in [4.78, 5) is 17.7. The minimum Gasteiger partial charge on any atom is -0.441 e. The van der Waals surface area contributed by atoms with Crippen molar-refractivity contribution < 1.29 is 9.53 Å². The highest BCUT2D eigenvalue weighted by Gasteiger charge is 2.53. The maximum atomic E-state index is 13.6. The SMILES string of the molecule is CCCCC1C(C)=C(C2(c3ccc(N(C)C)cc3)OC(=O)c3cc(N(C)C)ccc32)c2ccccc21. The van der Waals surface area contributed by atoms with Crippen LogP contribution in [0.25, 0.3) is 5.57 Å². The molecule has 1 heterocycles. The summed E-state index contributed by atoms with van der Waals surface area (Å²) in [5.41, 5.74) is 8.65. The number of ether oxygens (including phenoxy) is 1. The predicted molar refractivity (Wildman–Crippen MR) is 149 cm³/mol. The van der Waals surface area contributed by atoms with Crippen molar-refractivity contribution in [3.8, 4) is 0 Å². The highest BCUT2D eigenvalue weighted by Crippen LogP contribution is 2.58. The van der Waals surface area contributed by atoms with Gasteiger partial charge in [-0.1, -0.05) is 67.8 Å². The van der Waals surface area contributed by atoms with Crippen molar-refractivity contribution in [2.45, 2.75) is 44.6 Å². The molecule has 0 radical (unpaired) electrons. The molecule has 0 N–H and O–H groups in total. The largest absolute Gasteiger partial charge is 0.441 e. The number of fused-ring (bicyclic) bond motifs is 2. The molecule has 0 amide bonds. The average molecular weight is 481 g/mol. The lowest BCUT2D eigenvalue weighted by Crippen LogP contribution is -2.30. The van der Waals surface area contributed by atoms with Gasteiger partial charge >= 0.3 is 5.97 Å². The molecule has 0 spiro atoms. The summed E-state index contributed by atoms with van der Waals surface area (Å²) >= 11 is 0. The molecule has 4 nitrogen and oxygen atoms in total. The molecule has 4 heteroatoms. The van der Waals surface area contributed by atoms with Gasteiger partial charge < -0.3 is 14.5 Å². The standard InChI is InChI=1S/C32H36N2O2/c1-7-8-11-25-21(2)30(27-13-10-9-12-26(25)27)32(22-14-16-23(17-15-22)33(3)4)29-19-18-24(34(5)6)20-28(29)31(35)36-32/h9-10,12-20,25H,7-8,11H2,1-6H3. The molecule has 2 aliphatic rings. The fourth-order valence-electron chi connectivity index (χ4n) is 5.97. The monoisotopic (exact) mass is 480 g/mol. The highest BCUT2D eigenvalue weighted by molar-refractivity contribution is 6.02. The summed E-state index contributed by atoms with van der Waals surface area (Å²) in [5, 5.41) is 0. The van der Waals surface area contributed by atoms with E-state index >= 15 is 0 Å². The van der Waals surface area contributed by atoms with Crippen molar-refractivity contribution in [1.82, 2.24) is 0 Å². The van der Waals surface area contributed by atoms with Crippen molar-refractivity contribution in [3.05, 3.63) is 100 Å². The van der Waals surface area contributed by atoms with Crippen LogP contribution in [-0.2, 0) is 10.3 Å². The van der Waals surface area contributed by atoms with Crippen LogP contribution in [0.2, 0.25) is 0 Å². The molecule has 0 fully saturated rings. The van der Waals surface area contributed by atoms with Gasteiger partial charge in [0.25, 0.3) is 0 Å². The Morgan fingerprint density at radius 3 is 2.19 bits per heavy atom. The van der Waals surface area contributed by atoms with Crippen LogP contribution < -0.4 is 9.80 Å². The summed E-state index contributed by atoms with van der Waals surface area (Å²) in [7, 11) is 8.06. The van der Waals surface area contributed by atoms with Gasteiger partial charge in [0.05, 0.1) is 5.56 Å². The number of carbonyl (C=O) groups is 1. The normalized spacial score (nSPS) is 20.3. The minimum atomic E-state index is -0.983. The van der Waals surface area contributed by atoms with Gasteiger partial charge in [-0.3, -0.25) is 0 Å². The number of nitrogens with zero attached hydrogens (tertiary/aromatic N) is 2. The predicted octanol–water partition coefficient (Wildman–Crippen LogP) is 6.99. The third-order valence-electron chi connectivity index (χ3n) is 7.88. The maximum absolute atomic E-state index is 13.6. The van der Waals surface area contributed by atoms with E-state index in [0.29, 0.717) is 11.5 Å². The number of esters is 1. The van der Waals surface area contributed by atoms with Crippen LogP contribution in [0, 0.1) is 0 Å². The lowest BCUT2D eigenvalue weighted by atomic mass is 9.76. The summed E-state index contributed by atoms with van der Waals surface area (Å²) < 4.78 is 6.58. The molecule has 0 aromatic heterocycles. The molecular formula is C32H36N2O2. The molecule has 2 atom stereocenters. The van der Waals surface area contributed by atoms with E-state index in [-0.39, 0.29) is 5.97 Å². The molecule has 186 valence electrons. The van der Waals surface area contributed by atoms with Crippen molar-refractivity contribution >= 4 is 22.9 Å². The Bertz CT molecular complexity index is 1340. The molecule has 0 bridgehead atoms. The van der Waals surface area contributed by atoms with Crippen molar-refractivity contribution in [2.75, 3.05) is 38.0 Å². The van der Waals surface area contributed by atoms with E-state index in [1.165, 1.54) is 16.7 Å². The third kappa shape index (κ3) is 3.62. The Kier molecular flexibility index (Phi) is 6.15. The quantitative estimate of drug-likeness (QED) is 0.341. The zero-order chi connectivity index (χ0) is 25.6. The first kappa shape index (κ1) is 24.2. The molecule has 3 aromatic carbocycles. The number of hydrogen-bond donors (Lipinski definition) is 0. The van der Waals surface area contributed by atoms with Crippen molar-refractivity contribution in [3.63, 3.8) is 0 Å². The number of carbonyl (C=O) groups excluding carboxylic acids is 1. The van der Waals surface area contributed by atoms with E-state index in [1.54, 1.807) is 0 Å². The second kappa shape index (κ2) is 9.16. The summed E-state index contributed by atoms with van der Waals surface area (Å²) in [6.45, 7) is 4.48. The van der Waals surface area contributed by atoms with Gasteiger partial charge in [-0.15, -0.1) is 0 Å². The first-order valence-electron chi connectivity index (χ1n) is 12.9. The number of benzene rings is 3. The van der Waals surface area contributed by atoms with Gasteiger partial charge in [0.15, 0.2) is 5.60 Å². The van der Waals surface area contributed by atoms with Crippen molar-refractivity contribution in [2.24, 2.45) is 0 Å². The Balaban J connectivity index is 1.80. The van der Waals surface area contributed by atoms with Gasteiger partial charge in [-0.05, 0) is 48.7 Å². The molecule has 2 unspecified atom stereocenters. The van der Waals surface area contributed by atoms with Crippen LogP contribution in [0.5, 0.6) is 0 Å². The topological polar surface area (TPSA) is 32.8 Å². The summed E-state index contributed by atoms with van der Waals surface area (Å²) in [5.74, 6) is 0.0676. The fourth-order valence-corrected chi connectivity index (χ4v) is 5.97. The Morgan fingerprint density at radius 1 is 0.861 bits per heavy atom. The average Bonchev–Trinajstić information content (AvgIpc) is 3.33. The Labute approximate surface area is 215 Å². The van der Waals surface area contributed by atoms with E-state index in [2.05, 4.69) is 79.4 Å². The highest BCUT2D eigenvalue weighted by atomic mass is 16.6. The number of anilines is 2. The number of rotatable bonds is 7.